The first-order valence-electron chi connectivity index (χ1n) is 2.38. The third-order valence-electron chi connectivity index (χ3n) is 0.828. The summed E-state index contributed by atoms with van der Waals surface area (Å²) in [6.07, 6.45) is 0. The van der Waals surface area contributed by atoms with Crippen molar-refractivity contribution in [1.29, 1.82) is 0 Å². The number of ether oxygens (including phenoxy) is 1. The van der Waals surface area contributed by atoms with Gasteiger partial charge < -0.3 is 4.74 Å². The summed E-state index contributed by atoms with van der Waals surface area (Å²) in [6, 6.07) is 0. The Balaban J connectivity index is 2.40. The highest BCUT2D eigenvalue weighted by Crippen LogP contribution is 2.14. The lowest BCUT2D eigenvalue weighted by Crippen LogP contribution is -2.29. The number of thiol groups is 1. The van der Waals surface area contributed by atoms with Crippen molar-refractivity contribution >= 4 is 22.5 Å². The third-order valence-corrected chi connectivity index (χ3v) is 3.08. The van der Waals surface area contributed by atoms with E-state index in [0.29, 0.717) is 12.6 Å². The highest BCUT2D eigenvalue weighted by Gasteiger charge is 2.15. The molecule has 1 heterocycles. The zero-order chi connectivity index (χ0) is 6.69. The standard InChI is InChI=1S/C3H7NO3S2/c5-9(6)3-7-1-4-2-8-3/h3-4,9H,1-2H2. The summed E-state index contributed by atoms with van der Waals surface area (Å²) in [5, 5.41) is 2.84. The summed E-state index contributed by atoms with van der Waals surface area (Å²) >= 11 is 1.24. The third kappa shape index (κ3) is 2.13. The van der Waals surface area contributed by atoms with E-state index in [-0.39, 0.29) is 0 Å². The maximum atomic E-state index is 10.2. The fourth-order valence-corrected chi connectivity index (χ4v) is 1.89. The molecule has 1 N–H and O–H groups in total. The Morgan fingerprint density at radius 1 is 1.67 bits per heavy atom. The highest BCUT2D eigenvalue weighted by atomic mass is 32.2. The Morgan fingerprint density at radius 3 is 2.78 bits per heavy atom. The molecule has 6 heteroatoms. The van der Waals surface area contributed by atoms with Crippen molar-refractivity contribution in [2.75, 3.05) is 12.6 Å². The molecule has 1 rings (SSSR count). The summed E-state index contributed by atoms with van der Waals surface area (Å²) in [7, 11) is -2.42. The summed E-state index contributed by atoms with van der Waals surface area (Å²) in [5.41, 5.74) is 0. The lowest BCUT2D eigenvalue weighted by atomic mass is 11.1. The average Bonchev–Trinajstić information content (AvgIpc) is 1.90. The van der Waals surface area contributed by atoms with E-state index < -0.39 is 15.5 Å². The molecule has 0 aromatic heterocycles. The highest BCUT2D eigenvalue weighted by molar-refractivity contribution is 8.08. The first-order chi connectivity index (χ1) is 4.30. The second-order valence-electron chi connectivity index (χ2n) is 1.46. The van der Waals surface area contributed by atoms with Crippen molar-refractivity contribution in [2.45, 2.75) is 4.77 Å². The van der Waals surface area contributed by atoms with Gasteiger partial charge in [0, 0.05) is 5.88 Å². The van der Waals surface area contributed by atoms with E-state index in [9.17, 15) is 8.42 Å². The quantitative estimate of drug-likeness (QED) is 0.501. The van der Waals surface area contributed by atoms with E-state index in [4.69, 9.17) is 4.74 Å². The maximum absolute atomic E-state index is 10.2. The number of thioether (sulfide) groups is 1. The van der Waals surface area contributed by atoms with Gasteiger partial charge in [-0.15, -0.1) is 0 Å². The minimum atomic E-state index is -2.42. The maximum Gasteiger partial charge on any atom is 0.205 e. The number of nitrogens with one attached hydrogen (secondary N) is 1. The Kier molecular flexibility index (Phi) is 2.77. The molecule has 0 bridgehead atoms. The smallest absolute Gasteiger partial charge is 0.205 e. The molecule has 0 aromatic carbocycles. The van der Waals surface area contributed by atoms with Crippen LogP contribution in [0, 0.1) is 0 Å². The largest absolute Gasteiger partial charge is 0.337 e. The number of hydrogen-bond donors (Lipinski definition) is 2. The monoisotopic (exact) mass is 169 g/mol. The summed E-state index contributed by atoms with van der Waals surface area (Å²) < 4.78 is 24.6. The first kappa shape index (κ1) is 7.33. The molecule has 1 aliphatic heterocycles. The Bertz CT molecular complexity index is 143. The van der Waals surface area contributed by atoms with E-state index in [0.717, 1.165) is 0 Å². The van der Waals surface area contributed by atoms with Gasteiger partial charge in [-0.2, -0.15) is 0 Å². The van der Waals surface area contributed by atoms with Crippen molar-refractivity contribution in [3.05, 3.63) is 0 Å². The van der Waals surface area contributed by atoms with Crippen LogP contribution in [0.5, 0.6) is 0 Å². The van der Waals surface area contributed by atoms with Gasteiger partial charge in [0.05, 0.1) is 6.73 Å². The lowest BCUT2D eigenvalue weighted by Gasteiger charge is -2.17. The van der Waals surface area contributed by atoms with Gasteiger partial charge in [0.15, 0.2) is 10.7 Å². The van der Waals surface area contributed by atoms with E-state index in [2.05, 4.69) is 5.32 Å². The van der Waals surface area contributed by atoms with Crippen molar-refractivity contribution in [1.82, 2.24) is 5.32 Å². The van der Waals surface area contributed by atoms with Gasteiger partial charge in [0.1, 0.15) is 0 Å². The molecule has 0 saturated carbocycles. The zero-order valence-corrected chi connectivity index (χ0v) is 6.28. The van der Waals surface area contributed by atoms with E-state index in [1.165, 1.54) is 11.8 Å². The van der Waals surface area contributed by atoms with E-state index >= 15 is 0 Å². The summed E-state index contributed by atoms with van der Waals surface area (Å²) in [4.78, 5) is 0. The van der Waals surface area contributed by atoms with Crippen molar-refractivity contribution < 1.29 is 13.2 Å². The van der Waals surface area contributed by atoms with Gasteiger partial charge in [0.2, 0.25) is 4.77 Å². The van der Waals surface area contributed by atoms with Crippen LogP contribution in [0.15, 0.2) is 0 Å². The normalized spacial score (nSPS) is 28.8. The summed E-state index contributed by atoms with van der Waals surface area (Å²) in [5.74, 6) is 0.647. The summed E-state index contributed by atoms with van der Waals surface area (Å²) in [6.45, 7) is 0.334. The van der Waals surface area contributed by atoms with Crippen LogP contribution in [-0.2, 0) is 15.4 Å². The molecule has 0 aromatic rings. The van der Waals surface area contributed by atoms with Crippen LogP contribution in [0.4, 0.5) is 0 Å². The molecule has 54 valence electrons. The van der Waals surface area contributed by atoms with Crippen LogP contribution in [0.1, 0.15) is 0 Å². The number of rotatable bonds is 1. The molecule has 4 nitrogen and oxygen atoms in total. The predicted molar refractivity (Wildman–Crippen MR) is 35.6 cm³/mol. The molecule has 1 aliphatic rings. The van der Waals surface area contributed by atoms with Gasteiger partial charge in [-0.3, -0.25) is 5.32 Å². The molecule has 1 saturated heterocycles. The Morgan fingerprint density at radius 2 is 2.44 bits per heavy atom. The first-order valence-corrected chi connectivity index (χ1v) is 4.67. The van der Waals surface area contributed by atoms with Gasteiger partial charge in [0.25, 0.3) is 0 Å². The van der Waals surface area contributed by atoms with Crippen LogP contribution in [0.2, 0.25) is 0 Å². The van der Waals surface area contributed by atoms with E-state index in [1.807, 2.05) is 0 Å². The van der Waals surface area contributed by atoms with Gasteiger partial charge in [-0.1, -0.05) is 11.8 Å². The van der Waals surface area contributed by atoms with Crippen LogP contribution in [0.3, 0.4) is 0 Å². The minimum absolute atomic E-state index is 0.334. The molecule has 1 unspecified atom stereocenters. The van der Waals surface area contributed by atoms with Crippen molar-refractivity contribution in [3.63, 3.8) is 0 Å². The molecular formula is C3H7NO3S2. The minimum Gasteiger partial charge on any atom is -0.337 e. The van der Waals surface area contributed by atoms with E-state index in [1.54, 1.807) is 0 Å². The molecule has 1 fully saturated rings. The number of hydrogen-bond acceptors (Lipinski definition) is 5. The van der Waals surface area contributed by atoms with Crippen LogP contribution >= 0.6 is 11.8 Å². The van der Waals surface area contributed by atoms with Crippen molar-refractivity contribution in [3.8, 4) is 0 Å². The molecule has 0 spiro atoms. The second kappa shape index (κ2) is 3.40. The second-order valence-corrected chi connectivity index (χ2v) is 3.90. The van der Waals surface area contributed by atoms with Gasteiger partial charge >= 0.3 is 0 Å². The molecule has 0 radical (unpaired) electrons. The van der Waals surface area contributed by atoms with Crippen LogP contribution in [0.25, 0.3) is 0 Å². The molecular weight excluding hydrogens is 162 g/mol. The SMILES string of the molecule is O=[SH](=O)C1OCNCS1. The Hall–Kier alpha value is 0.220. The van der Waals surface area contributed by atoms with Crippen LogP contribution < -0.4 is 5.32 Å². The average molecular weight is 169 g/mol. The molecule has 0 aliphatic carbocycles. The fourth-order valence-electron chi connectivity index (χ4n) is 0.472. The van der Waals surface area contributed by atoms with Gasteiger partial charge in [-0.05, 0) is 0 Å². The Labute approximate surface area is 58.9 Å². The molecule has 9 heavy (non-hydrogen) atoms. The predicted octanol–water partition coefficient (Wildman–Crippen LogP) is -0.851. The van der Waals surface area contributed by atoms with Gasteiger partial charge in [-0.25, -0.2) is 8.42 Å². The zero-order valence-electron chi connectivity index (χ0n) is 4.57. The lowest BCUT2D eigenvalue weighted by molar-refractivity contribution is 0.134. The molecule has 0 amide bonds. The fraction of sp³-hybridized carbons (Fsp3) is 1.00. The van der Waals surface area contributed by atoms with Crippen LogP contribution in [-0.4, -0.2) is 25.8 Å². The topological polar surface area (TPSA) is 55.4 Å². The van der Waals surface area contributed by atoms with Crippen molar-refractivity contribution in [2.24, 2.45) is 0 Å². The molecule has 1 atom stereocenters.